The fraction of sp³-hybridized carbons (Fsp3) is 0.240. The Morgan fingerprint density at radius 2 is 1.74 bits per heavy atom. The van der Waals surface area contributed by atoms with Gasteiger partial charge in [0.1, 0.15) is 5.75 Å². The minimum absolute atomic E-state index is 0.0497. The zero-order valence-corrected chi connectivity index (χ0v) is 20.4. The number of amides is 1. The molecule has 0 bridgehead atoms. The van der Waals surface area contributed by atoms with E-state index in [0.29, 0.717) is 24.7 Å². The lowest BCUT2D eigenvalue weighted by Gasteiger charge is -2.26. The number of nitrogens with one attached hydrogen (secondary N) is 1. The summed E-state index contributed by atoms with van der Waals surface area (Å²) in [4.78, 5) is 14.3. The van der Waals surface area contributed by atoms with Crippen LogP contribution in [0.4, 0.5) is 5.69 Å². The molecule has 178 valence electrons. The Balaban J connectivity index is 1.47. The van der Waals surface area contributed by atoms with Gasteiger partial charge in [0.2, 0.25) is 10.0 Å². The van der Waals surface area contributed by atoms with Gasteiger partial charge in [0.15, 0.2) is 0 Å². The second-order valence-corrected chi connectivity index (χ2v) is 10.6. The fourth-order valence-electron chi connectivity index (χ4n) is 3.53. The largest absolute Gasteiger partial charge is 0.496 e. The predicted octanol–water partition coefficient (Wildman–Crippen LogP) is 4.26. The monoisotopic (exact) mass is 498 g/mol. The van der Waals surface area contributed by atoms with Crippen LogP contribution < -0.4 is 10.1 Å². The van der Waals surface area contributed by atoms with E-state index in [1.54, 1.807) is 11.8 Å². The van der Waals surface area contributed by atoms with E-state index in [-0.39, 0.29) is 23.5 Å². The van der Waals surface area contributed by atoms with Crippen molar-refractivity contribution in [3.05, 3.63) is 83.9 Å². The van der Waals surface area contributed by atoms with Gasteiger partial charge >= 0.3 is 0 Å². The molecule has 0 atom stereocenters. The number of hydrogen-bond acceptors (Lipinski definition) is 6. The highest BCUT2D eigenvalue weighted by Crippen LogP contribution is 2.27. The van der Waals surface area contributed by atoms with Crippen LogP contribution in [0.25, 0.3) is 0 Å². The van der Waals surface area contributed by atoms with Crippen molar-refractivity contribution in [2.75, 3.05) is 38.7 Å². The van der Waals surface area contributed by atoms with Gasteiger partial charge in [-0.15, -0.1) is 11.8 Å². The first kappa shape index (κ1) is 24.3. The number of methoxy groups -OCH3 is 1. The third-order valence-corrected chi connectivity index (χ3v) is 8.36. The maximum Gasteiger partial charge on any atom is 0.259 e. The molecule has 0 aromatic heterocycles. The second-order valence-electron chi connectivity index (χ2n) is 7.63. The number of ether oxygens (including phenoxy) is 2. The van der Waals surface area contributed by atoms with Crippen molar-refractivity contribution in [3.8, 4) is 5.75 Å². The van der Waals surface area contributed by atoms with Gasteiger partial charge in [-0.1, -0.05) is 30.3 Å². The van der Waals surface area contributed by atoms with Crippen molar-refractivity contribution in [3.63, 3.8) is 0 Å². The lowest BCUT2D eigenvalue weighted by Crippen LogP contribution is -2.40. The smallest absolute Gasteiger partial charge is 0.259 e. The van der Waals surface area contributed by atoms with Crippen LogP contribution in [0.2, 0.25) is 0 Å². The van der Waals surface area contributed by atoms with E-state index >= 15 is 0 Å². The van der Waals surface area contributed by atoms with E-state index in [1.165, 1.54) is 34.5 Å². The van der Waals surface area contributed by atoms with Gasteiger partial charge in [-0.3, -0.25) is 4.79 Å². The van der Waals surface area contributed by atoms with Gasteiger partial charge < -0.3 is 14.8 Å². The van der Waals surface area contributed by atoms with Crippen molar-refractivity contribution >= 4 is 33.4 Å². The van der Waals surface area contributed by atoms with E-state index in [1.807, 2.05) is 42.5 Å². The van der Waals surface area contributed by atoms with Crippen molar-refractivity contribution in [1.82, 2.24) is 4.31 Å². The minimum atomic E-state index is -3.74. The predicted molar refractivity (Wildman–Crippen MR) is 133 cm³/mol. The number of sulfonamides is 1. The second kappa shape index (κ2) is 11.1. The Bertz CT molecular complexity index is 1230. The number of thioether (sulfide) groups is 1. The number of benzene rings is 3. The summed E-state index contributed by atoms with van der Waals surface area (Å²) in [6.45, 7) is 1.26. The molecule has 9 heteroatoms. The Labute approximate surface area is 204 Å². The summed E-state index contributed by atoms with van der Waals surface area (Å²) in [7, 11) is -2.29. The standard InChI is InChI=1S/C25H26N2O5S2/c1-31-24-12-11-22(34(29,30)27-13-15-32-16-14-27)17-23(24)25(28)26-20-9-7-19(8-10-20)18-33-21-5-3-2-4-6-21/h2-12,17H,13-16,18H2,1H3,(H,26,28). The van der Waals surface area contributed by atoms with Gasteiger partial charge in [0, 0.05) is 29.4 Å². The molecule has 1 heterocycles. The molecule has 0 unspecified atom stereocenters. The summed E-state index contributed by atoms with van der Waals surface area (Å²) in [6, 6.07) is 22.1. The topological polar surface area (TPSA) is 84.9 Å². The molecule has 0 spiro atoms. The maximum absolute atomic E-state index is 13.0. The molecule has 1 fully saturated rings. The van der Waals surface area contributed by atoms with Gasteiger partial charge in [-0.05, 0) is 48.0 Å². The van der Waals surface area contributed by atoms with Crippen molar-refractivity contribution in [2.45, 2.75) is 15.5 Å². The molecule has 0 radical (unpaired) electrons. The zero-order valence-electron chi connectivity index (χ0n) is 18.8. The van der Waals surface area contributed by atoms with Crippen molar-refractivity contribution in [1.29, 1.82) is 0 Å². The minimum Gasteiger partial charge on any atom is -0.496 e. The first-order valence-electron chi connectivity index (χ1n) is 10.8. The van der Waals surface area contributed by atoms with E-state index < -0.39 is 15.9 Å². The van der Waals surface area contributed by atoms with Crippen LogP contribution in [0, 0.1) is 0 Å². The fourth-order valence-corrected chi connectivity index (χ4v) is 5.84. The first-order valence-corrected chi connectivity index (χ1v) is 13.2. The van der Waals surface area contributed by atoms with E-state index in [0.717, 1.165) is 11.3 Å². The maximum atomic E-state index is 13.0. The number of nitrogens with zero attached hydrogens (tertiary/aromatic N) is 1. The molecule has 3 aromatic rings. The summed E-state index contributed by atoms with van der Waals surface area (Å²) < 4.78 is 38.0. The van der Waals surface area contributed by atoms with Crippen LogP contribution in [0.15, 0.2) is 82.6 Å². The molecule has 3 aromatic carbocycles. The molecule has 0 aliphatic carbocycles. The number of morpholine rings is 1. The highest BCUT2D eigenvalue weighted by molar-refractivity contribution is 7.98. The summed E-state index contributed by atoms with van der Waals surface area (Å²) in [5, 5.41) is 2.84. The molecule has 1 aliphatic heterocycles. The molecule has 1 aliphatic rings. The number of hydrogen-bond donors (Lipinski definition) is 1. The zero-order chi connectivity index (χ0) is 24.0. The summed E-state index contributed by atoms with van der Waals surface area (Å²) >= 11 is 1.74. The van der Waals surface area contributed by atoms with Crippen LogP contribution in [-0.4, -0.2) is 52.0 Å². The normalized spacial score (nSPS) is 14.5. The van der Waals surface area contributed by atoms with E-state index in [9.17, 15) is 13.2 Å². The van der Waals surface area contributed by atoms with Gasteiger partial charge in [0.05, 0.1) is 30.8 Å². The lowest BCUT2D eigenvalue weighted by molar-refractivity contribution is 0.0730. The van der Waals surface area contributed by atoms with Gasteiger partial charge in [-0.2, -0.15) is 4.31 Å². The highest BCUT2D eigenvalue weighted by atomic mass is 32.2. The Kier molecular flexibility index (Phi) is 7.89. The van der Waals surface area contributed by atoms with E-state index in [4.69, 9.17) is 9.47 Å². The first-order chi connectivity index (χ1) is 16.5. The average molecular weight is 499 g/mol. The van der Waals surface area contributed by atoms with Crippen LogP contribution in [0.1, 0.15) is 15.9 Å². The molecule has 0 saturated carbocycles. The van der Waals surface area contributed by atoms with Crippen molar-refractivity contribution in [2.24, 2.45) is 0 Å². The van der Waals surface area contributed by atoms with Crippen LogP contribution in [0.5, 0.6) is 5.75 Å². The van der Waals surface area contributed by atoms with Gasteiger partial charge in [0.25, 0.3) is 5.91 Å². The lowest BCUT2D eigenvalue weighted by atomic mass is 10.1. The third kappa shape index (κ3) is 5.79. The summed E-state index contributed by atoms with van der Waals surface area (Å²) in [6.07, 6.45) is 0. The average Bonchev–Trinajstić information content (AvgIpc) is 2.89. The molecule has 1 saturated heterocycles. The number of carbonyl (C=O) groups excluding carboxylic acids is 1. The summed E-state index contributed by atoms with van der Waals surface area (Å²) in [5.41, 5.74) is 1.89. The molecular weight excluding hydrogens is 472 g/mol. The van der Waals surface area contributed by atoms with Crippen LogP contribution in [-0.2, 0) is 20.5 Å². The number of rotatable bonds is 8. The Morgan fingerprint density at radius 3 is 2.41 bits per heavy atom. The number of carbonyl (C=O) groups is 1. The van der Waals surface area contributed by atoms with E-state index in [2.05, 4.69) is 17.4 Å². The molecule has 1 amide bonds. The molecule has 7 nitrogen and oxygen atoms in total. The summed E-state index contributed by atoms with van der Waals surface area (Å²) in [5.74, 6) is 0.671. The number of anilines is 1. The van der Waals surface area contributed by atoms with Crippen molar-refractivity contribution < 1.29 is 22.7 Å². The SMILES string of the molecule is COc1ccc(S(=O)(=O)N2CCOCC2)cc1C(=O)Nc1ccc(CSc2ccccc2)cc1. The Morgan fingerprint density at radius 1 is 1.03 bits per heavy atom. The molecule has 34 heavy (non-hydrogen) atoms. The molecular formula is C25H26N2O5S2. The molecule has 4 rings (SSSR count). The van der Waals surface area contributed by atoms with Crippen LogP contribution in [0.3, 0.4) is 0 Å². The van der Waals surface area contributed by atoms with Gasteiger partial charge in [-0.25, -0.2) is 8.42 Å². The van der Waals surface area contributed by atoms with Crippen LogP contribution >= 0.6 is 11.8 Å². The molecule has 1 N–H and O–H groups in total. The third-order valence-electron chi connectivity index (χ3n) is 5.38. The quantitative estimate of drug-likeness (QED) is 0.467. The highest BCUT2D eigenvalue weighted by Gasteiger charge is 2.28. The Hall–Kier alpha value is -2.85.